The molecule has 162 valence electrons. The van der Waals surface area contributed by atoms with Crippen LogP contribution >= 0.6 is 0 Å². The Labute approximate surface area is 178 Å². The summed E-state index contributed by atoms with van der Waals surface area (Å²) < 4.78 is 10.8. The van der Waals surface area contributed by atoms with Crippen molar-refractivity contribution in [3.8, 4) is 5.75 Å². The highest BCUT2D eigenvalue weighted by Crippen LogP contribution is 2.16. The monoisotopic (exact) mass is 413 g/mol. The molecule has 0 saturated heterocycles. The highest BCUT2D eigenvalue weighted by Gasteiger charge is 2.07. The Kier molecular flexibility index (Phi) is 10.2. The first-order valence-corrected chi connectivity index (χ1v) is 10.3. The Morgan fingerprint density at radius 1 is 0.967 bits per heavy atom. The van der Waals surface area contributed by atoms with Gasteiger partial charge in [-0.3, -0.25) is 9.59 Å². The number of hydrogen-bond donors (Lipinski definition) is 3. The largest absolute Gasteiger partial charge is 0.491 e. The van der Waals surface area contributed by atoms with Crippen molar-refractivity contribution in [1.29, 1.82) is 0 Å². The smallest absolute Gasteiger partial charge is 0.251 e. The van der Waals surface area contributed by atoms with Gasteiger partial charge in [-0.15, -0.1) is 0 Å². The minimum absolute atomic E-state index is 0.0908. The molecule has 0 aromatic heterocycles. The molecule has 0 radical (unpaired) electrons. The molecule has 0 aliphatic carbocycles. The van der Waals surface area contributed by atoms with Crippen molar-refractivity contribution < 1.29 is 19.1 Å². The molecule has 0 aliphatic heterocycles. The van der Waals surface area contributed by atoms with Crippen molar-refractivity contribution in [1.82, 2.24) is 5.32 Å². The third-order valence-corrected chi connectivity index (χ3v) is 4.23. The van der Waals surface area contributed by atoms with Crippen LogP contribution in [0.15, 0.2) is 48.5 Å². The van der Waals surface area contributed by atoms with Gasteiger partial charge in [0.1, 0.15) is 12.4 Å². The van der Waals surface area contributed by atoms with Crippen LogP contribution in [0.3, 0.4) is 0 Å². The van der Waals surface area contributed by atoms with E-state index in [9.17, 15) is 9.59 Å². The van der Waals surface area contributed by atoms with Gasteiger partial charge in [-0.25, -0.2) is 0 Å². The van der Waals surface area contributed by atoms with Crippen molar-refractivity contribution >= 4 is 23.2 Å². The number of benzene rings is 2. The second-order valence-corrected chi connectivity index (χ2v) is 6.66. The zero-order valence-corrected chi connectivity index (χ0v) is 17.7. The van der Waals surface area contributed by atoms with Crippen molar-refractivity contribution in [3.05, 3.63) is 54.1 Å². The standard InChI is InChI=1S/C23H31N3O4/c1-3-5-13-24-23(28)18-7-6-8-20(16-18)25-17-22(27)26-19-9-11-21(12-10-19)30-15-14-29-4-2/h6-12,16,25H,3-5,13-15,17H2,1-2H3,(H,24,28)(H,26,27). The van der Waals surface area contributed by atoms with E-state index in [1.54, 1.807) is 42.5 Å². The summed E-state index contributed by atoms with van der Waals surface area (Å²) in [7, 11) is 0. The lowest BCUT2D eigenvalue weighted by molar-refractivity contribution is -0.114. The van der Waals surface area contributed by atoms with Crippen LogP contribution in [0.25, 0.3) is 0 Å². The summed E-state index contributed by atoms with van der Waals surface area (Å²) in [5, 5.41) is 8.76. The maximum Gasteiger partial charge on any atom is 0.251 e. The van der Waals surface area contributed by atoms with Crippen LogP contribution in [0.5, 0.6) is 5.75 Å². The van der Waals surface area contributed by atoms with Crippen LogP contribution in [-0.2, 0) is 9.53 Å². The molecule has 0 heterocycles. The Balaban J connectivity index is 1.77. The molecule has 30 heavy (non-hydrogen) atoms. The highest BCUT2D eigenvalue weighted by atomic mass is 16.5. The summed E-state index contributed by atoms with van der Waals surface area (Å²) in [6, 6.07) is 14.3. The maximum absolute atomic E-state index is 12.2. The molecule has 0 aliphatic rings. The minimum Gasteiger partial charge on any atom is -0.491 e. The Bertz CT molecular complexity index is 793. The van der Waals surface area contributed by atoms with Gasteiger partial charge in [0.2, 0.25) is 5.91 Å². The summed E-state index contributed by atoms with van der Waals surface area (Å²) >= 11 is 0. The number of unbranched alkanes of at least 4 members (excludes halogenated alkanes) is 1. The molecule has 0 unspecified atom stereocenters. The van der Waals surface area contributed by atoms with Gasteiger partial charge in [0, 0.05) is 30.1 Å². The molecule has 7 heteroatoms. The number of hydrogen-bond acceptors (Lipinski definition) is 5. The number of rotatable bonds is 13. The average Bonchev–Trinajstić information content (AvgIpc) is 2.77. The van der Waals surface area contributed by atoms with E-state index in [0.717, 1.165) is 18.6 Å². The highest BCUT2D eigenvalue weighted by molar-refractivity contribution is 5.96. The van der Waals surface area contributed by atoms with Crippen molar-refractivity contribution in [3.63, 3.8) is 0 Å². The molecule has 7 nitrogen and oxygen atoms in total. The molecule has 2 aromatic rings. The lowest BCUT2D eigenvalue weighted by Crippen LogP contribution is -2.25. The molecular weight excluding hydrogens is 382 g/mol. The average molecular weight is 414 g/mol. The molecule has 0 saturated carbocycles. The Hall–Kier alpha value is -3.06. The first-order valence-electron chi connectivity index (χ1n) is 10.3. The third-order valence-electron chi connectivity index (χ3n) is 4.23. The van der Waals surface area contributed by atoms with Crippen LogP contribution in [-0.4, -0.2) is 44.7 Å². The summed E-state index contributed by atoms with van der Waals surface area (Å²) in [6.07, 6.45) is 1.98. The van der Waals surface area contributed by atoms with Crippen molar-refractivity contribution in [2.24, 2.45) is 0 Å². The van der Waals surface area contributed by atoms with Crippen LogP contribution < -0.4 is 20.7 Å². The van der Waals surface area contributed by atoms with Gasteiger partial charge in [0.05, 0.1) is 13.2 Å². The topological polar surface area (TPSA) is 88.7 Å². The second kappa shape index (κ2) is 13.2. The number of ether oxygens (including phenoxy) is 2. The van der Waals surface area contributed by atoms with E-state index in [1.807, 2.05) is 13.0 Å². The Morgan fingerprint density at radius 2 is 1.77 bits per heavy atom. The molecule has 0 bridgehead atoms. The van der Waals surface area contributed by atoms with Crippen LogP contribution in [0.4, 0.5) is 11.4 Å². The number of amides is 2. The van der Waals surface area contributed by atoms with E-state index in [4.69, 9.17) is 9.47 Å². The van der Waals surface area contributed by atoms with E-state index in [2.05, 4.69) is 22.9 Å². The maximum atomic E-state index is 12.2. The molecule has 0 atom stereocenters. The quantitative estimate of drug-likeness (QED) is 0.436. The molecule has 3 N–H and O–H groups in total. The predicted molar refractivity (Wildman–Crippen MR) is 119 cm³/mol. The normalized spacial score (nSPS) is 10.3. The number of carbonyl (C=O) groups is 2. The van der Waals surface area contributed by atoms with E-state index in [1.165, 1.54) is 0 Å². The van der Waals surface area contributed by atoms with Gasteiger partial charge < -0.3 is 25.4 Å². The van der Waals surface area contributed by atoms with E-state index >= 15 is 0 Å². The summed E-state index contributed by atoms with van der Waals surface area (Å²) in [5.41, 5.74) is 1.96. The van der Waals surface area contributed by atoms with Crippen molar-refractivity contribution in [2.45, 2.75) is 26.7 Å². The fraction of sp³-hybridized carbons (Fsp3) is 0.391. The van der Waals surface area contributed by atoms with E-state index < -0.39 is 0 Å². The lowest BCUT2D eigenvalue weighted by Gasteiger charge is -2.10. The van der Waals surface area contributed by atoms with Crippen molar-refractivity contribution in [2.75, 3.05) is 43.5 Å². The number of anilines is 2. The van der Waals surface area contributed by atoms with E-state index in [0.29, 0.717) is 43.3 Å². The number of nitrogens with one attached hydrogen (secondary N) is 3. The zero-order valence-electron chi connectivity index (χ0n) is 17.7. The predicted octanol–water partition coefficient (Wildman–Crippen LogP) is 3.68. The minimum atomic E-state index is -0.183. The molecule has 2 amide bonds. The molecular formula is C23H31N3O4. The van der Waals surface area contributed by atoms with Gasteiger partial charge in [0.25, 0.3) is 5.91 Å². The van der Waals surface area contributed by atoms with Crippen LogP contribution in [0, 0.1) is 0 Å². The van der Waals surface area contributed by atoms with Gasteiger partial charge in [-0.1, -0.05) is 19.4 Å². The molecule has 0 spiro atoms. The van der Waals surface area contributed by atoms with Crippen LogP contribution in [0.2, 0.25) is 0 Å². The lowest BCUT2D eigenvalue weighted by atomic mass is 10.2. The summed E-state index contributed by atoms with van der Waals surface area (Å²) in [5.74, 6) is 0.429. The molecule has 0 fully saturated rings. The first kappa shape index (κ1) is 23.2. The molecule has 2 aromatic carbocycles. The fourth-order valence-electron chi connectivity index (χ4n) is 2.64. The summed E-state index contributed by atoms with van der Waals surface area (Å²) in [4.78, 5) is 24.3. The zero-order chi connectivity index (χ0) is 21.6. The van der Waals surface area contributed by atoms with Crippen LogP contribution in [0.1, 0.15) is 37.0 Å². The SMILES string of the molecule is CCCCNC(=O)c1cccc(NCC(=O)Nc2ccc(OCCOCC)cc2)c1. The number of carbonyl (C=O) groups excluding carboxylic acids is 2. The Morgan fingerprint density at radius 3 is 2.50 bits per heavy atom. The first-order chi connectivity index (χ1) is 14.6. The van der Waals surface area contributed by atoms with E-state index in [-0.39, 0.29) is 18.4 Å². The molecule has 2 rings (SSSR count). The van der Waals surface area contributed by atoms with Gasteiger partial charge >= 0.3 is 0 Å². The van der Waals surface area contributed by atoms with Gasteiger partial charge in [-0.05, 0) is 55.8 Å². The van der Waals surface area contributed by atoms with Gasteiger partial charge in [0.15, 0.2) is 0 Å². The summed E-state index contributed by atoms with van der Waals surface area (Å²) in [6.45, 7) is 6.46. The van der Waals surface area contributed by atoms with Gasteiger partial charge in [-0.2, -0.15) is 0 Å². The fourth-order valence-corrected chi connectivity index (χ4v) is 2.64. The third kappa shape index (κ3) is 8.53. The second-order valence-electron chi connectivity index (χ2n) is 6.66.